The minimum atomic E-state index is 0.157. The van der Waals surface area contributed by atoms with Gasteiger partial charge in [0, 0.05) is 6.54 Å². The van der Waals surface area contributed by atoms with Gasteiger partial charge < -0.3 is 15.4 Å². The largest absolute Gasteiger partial charge is 0.375 e. The molecule has 0 aromatic heterocycles. The molecule has 2 aliphatic heterocycles. The van der Waals surface area contributed by atoms with Crippen LogP contribution in [0.2, 0.25) is 0 Å². The minimum Gasteiger partial charge on any atom is -0.375 e. The van der Waals surface area contributed by atoms with Crippen molar-refractivity contribution in [1.82, 2.24) is 4.90 Å². The maximum absolute atomic E-state index is 6.09. The topological polar surface area (TPSA) is 50.8 Å². The molecule has 0 amide bonds. The first-order valence-electron chi connectivity index (χ1n) is 6.82. The Labute approximate surface area is 103 Å². The average Bonchev–Trinajstić information content (AvgIpc) is 3.00. The van der Waals surface area contributed by atoms with Crippen LogP contribution in [-0.4, -0.2) is 41.7 Å². The predicted octanol–water partition coefficient (Wildman–Crippen LogP) is 1.35. The van der Waals surface area contributed by atoms with Crippen molar-refractivity contribution in [1.29, 1.82) is 0 Å². The molecule has 1 aliphatic carbocycles. The van der Waals surface area contributed by atoms with E-state index in [1.165, 1.54) is 12.8 Å². The van der Waals surface area contributed by atoms with E-state index in [9.17, 15) is 0 Å². The van der Waals surface area contributed by atoms with Crippen LogP contribution in [0.25, 0.3) is 0 Å². The van der Waals surface area contributed by atoms with Gasteiger partial charge in [0.05, 0.1) is 24.3 Å². The molecular formula is C13H23N3O. The molecule has 1 saturated heterocycles. The summed E-state index contributed by atoms with van der Waals surface area (Å²) in [5.74, 6) is 1.62. The van der Waals surface area contributed by atoms with E-state index in [2.05, 4.69) is 23.7 Å². The molecule has 3 aliphatic rings. The number of hydrogen-bond acceptors (Lipinski definition) is 4. The summed E-state index contributed by atoms with van der Waals surface area (Å²) in [6.07, 6.45) is 5.49. The fourth-order valence-corrected chi connectivity index (χ4v) is 3.48. The van der Waals surface area contributed by atoms with E-state index in [0.29, 0.717) is 12.2 Å². The van der Waals surface area contributed by atoms with Crippen molar-refractivity contribution in [2.45, 2.75) is 57.3 Å². The summed E-state index contributed by atoms with van der Waals surface area (Å²) in [6, 6.07) is 0. The van der Waals surface area contributed by atoms with E-state index in [1.807, 2.05) is 0 Å². The van der Waals surface area contributed by atoms with Gasteiger partial charge in [-0.05, 0) is 45.4 Å². The fourth-order valence-electron chi connectivity index (χ4n) is 3.48. The van der Waals surface area contributed by atoms with Crippen LogP contribution in [0, 0.1) is 5.92 Å². The zero-order valence-corrected chi connectivity index (χ0v) is 10.9. The Morgan fingerprint density at radius 1 is 1.35 bits per heavy atom. The number of ether oxygens (including phenoxy) is 1. The highest BCUT2D eigenvalue weighted by atomic mass is 16.5. The zero-order valence-electron chi connectivity index (χ0n) is 10.9. The van der Waals surface area contributed by atoms with Crippen molar-refractivity contribution < 1.29 is 4.74 Å². The average molecular weight is 237 g/mol. The van der Waals surface area contributed by atoms with Crippen LogP contribution in [0.15, 0.2) is 4.99 Å². The third-order valence-electron chi connectivity index (χ3n) is 4.32. The van der Waals surface area contributed by atoms with Gasteiger partial charge >= 0.3 is 0 Å². The van der Waals surface area contributed by atoms with Gasteiger partial charge in [-0.1, -0.05) is 0 Å². The maximum Gasteiger partial charge on any atom is 0.191 e. The summed E-state index contributed by atoms with van der Waals surface area (Å²) in [6.45, 7) is 6.31. The van der Waals surface area contributed by atoms with Gasteiger partial charge in [-0.3, -0.25) is 4.99 Å². The summed E-state index contributed by atoms with van der Waals surface area (Å²) >= 11 is 0. The number of rotatable bonds is 2. The standard InChI is InChI=1S/C13H23N3O/c1-9-5-13(6-10(2)17-9)8-15-12(14)16(13)7-11-3-4-11/h9-11H,3-8H2,1-2H3,(H2,14,15). The molecule has 3 rings (SSSR count). The second-order valence-electron chi connectivity index (χ2n) is 6.12. The lowest BCUT2D eigenvalue weighted by atomic mass is 9.83. The molecule has 4 nitrogen and oxygen atoms in total. The van der Waals surface area contributed by atoms with Crippen molar-refractivity contribution >= 4 is 5.96 Å². The molecule has 2 N–H and O–H groups in total. The molecule has 0 aromatic carbocycles. The molecule has 1 spiro atoms. The Hall–Kier alpha value is -0.770. The monoisotopic (exact) mass is 237 g/mol. The Balaban J connectivity index is 1.79. The molecule has 0 radical (unpaired) electrons. The second kappa shape index (κ2) is 3.87. The Bertz CT molecular complexity index is 328. The van der Waals surface area contributed by atoms with Gasteiger partial charge in [-0.15, -0.1) is 0 Å². The third kappa shape index (κ3) is 2.03. The Morgan fingerprint density at radius 2 is 2.00 bits per heavy atom. The van der Waals surface area contributed by atoms with Crippen LogP contribution in [-0.2, 0) is 4.74 Å². The number of aliphatic imine (C=N–C) groups is 1. The van der Waals surface area contributed by atoms with E-state index < -0.39 is 0 Å². The van der Waals surface area contributed by atoms with Crippen LogP contribution in [0.5, 0.6) is 0 Å². The van der Waals surface area contributed by atoms with Crippen molar-refractivity contribution in [3.63, 3.8) is 0 Å². The van der Waals surface area contributed by atoms with E-state index >= 15 is 0 Å². The quantitative estimate of drug-likeness (QED) is 0.789. The molecule has 2 atom stereocenters. The third-order valence-corrected chi connectivity index (χ3v) is 4.32. The lowest BCUT2D eigenvalue weighted by molar-refractivity contribution is -0.0847. The van der Waals surface area contributed by atoms with Crippen molar-refractivity contribution in [3.05, 3.63) is 0 Å². The lowest BCUT2D eigenvalue weighted by Crippen LogP contribution is -2.57. The first kappa shape index (κ1) is 11.3. The zero-order chi connectivity index (χ0) is 12.0. The molecule has 2 unspecified atom stereocenters. The normalized spacial score (nSPS) is 42.0. The first-order chi connectivity index (χ1) is 8.09. The summed E-state index contributed by atoms with van der Waals surface area (Å²) in [7, 11) is 0. The highest BCUT2D eigenvalue weighted by molar-refractivity contribution is 5.81. The molecule has 4 heteroatoms. The minimum absolute atomic E-state index is 0.157. The van der Waals surface area contributed by atoms with E-state index in [-0.39, 0.29) is 5.54 Å². The van der Waals surface area contributed by atoms with Gasteiger partial charge in [0.15, 0.2) is 5.96 Å². The molecule has 17 heavy (non-hydrogen) atoms. The molecule has 0 aromatic rings. The highest BCUT2D eigenvalue weighted by Crippen LogP contribution is 2.40. The summed E-state index contributed by atoms with van der Waals surface area (Å²) in [4.78, 5) is 6.90. The van der Waals surface area contributed by atoms with Gasteiger partial charge in [-0.2, -0.15) is 0 Å². The lowest BCUT2D eigenvalue weighted by Gasteiger charge is -2.46. The maximum atomic E-state index is 6.09. The van der Waals surface area contributed by atoms with Crippen LogP contribution in [0.1, 0.15) is 39.5 Å². The van der Waals surface area contributed by atoms with Crippen LogP contribution in [0.4, 0.5) is 0 Å². The number of nitrogens with two attached hydrogens (primary N) is 1. The summed E-state index contributed by atoms with van der Waals surface area (Å²) in [5.41, 5.74) is 6.24. The molecule has 0 bridgehead atoms. The van der Waals surface area contributed by atoms with E-state index in [1.54, 1.807) is 0 Å². The van der Waals surface area contributed by atoms with Crippen molar-refractivity contribution in [3.8, 4) is 0 Å². The molecular weight excluding hydrogens is 214 g/mol. The van der Waals surface area contributed by atoms with Gasteiger partial charge in [0.25, 0.3) is 0 Å². The Morgan fingerprint density at radius 3 is 2.59 bits per heavy atom. The molecule has 96 valence electrons. The summed E-state index contributed by atoms with van der Waals surface area (Å²) < 4.78 is 5.86. The van der Waals surface area contributed by atoms with E-state index in [0.717, 1.165) is 37.8 Å². The predicted molar refractivity (Wildman–Crippen MR) is 67.9 cm³/mol. The van der Waals surface area contributed by atoms with Crippen LogP contribution >= 0.6 is 0 Å². The van der Waals surface area contributed by atoms with Crippen LogP contribution < -0.4 is 5.73 Å². The SMILES string of the molecule is CC1CC2(CN=C(N)N2CC2CC2)CC(C)O1. The molecule has 2 fully saturated rings. The van der Waals surface area contributed by atoms with Gasteiger partial charge in [-0.25, -0.2) is 0 Å². The Kier molecular flexibility index (Phi) is 2.58. The number of hydrogen-bond donors (Lipinski definition) is 1. The molecule has 1 saturated carbocycles. The second-order valence-corrected chi connectivity index (χ2v) is 6.12. The first-order valence-corrected chi connectivity index (χ1v) is 6.82. The fraction of sp³-hybridized carbons (Fsp3) is 0.923. The smallest absolute Gasteiger partial charge is 0.191 e. The number of guanidine groups is 1. The van der Waals surface area contributed by atoms with Gasteiger partial charge in [0.2, 0.25) is 0 Å². The van der Waals surface area contributed by atoms with Crippen molar-refractivity contribution in [2.75, 3.05) is 13.1 Å². The number of nitrogens with zero attached hydrogens (tertiary/aromatic N) is 2. The highest BCUT2D eigenvalue weighted by Gasteiger charge is 2.48. The van der Waals surface area contributed by atoms with Crippen LogP contribution in [0.3, 0.4) is 0 Å². The summed E-state index contributed by atoms with van der Waals surface area (Å²) in [5, 5.41) is 0. The molecule has 2 heterocycles. The van der Waals surface area contributed by atoms with Gasteiger partial charge in [0.1, 0.15) is 0 Å². The van der Waals surface area contributed by atoms with Crippen molar-refractivity contribution in [2.24, 2.45) is 16.6 Å². The van der Waals surface area contributed by atoms with E-state index in [4.69, 9.17) is 10.5 Å².